The monoisotopic (exact) mass is 261 g/mol. The van der Waals surface area contributed by atoms with E-state index in [0.29, 0.717) is 23.9 Å². The van der Waals surface area contributed by atoms with Gasteiger partial charge in [-0.05, 0) is 24.3 Å². The summed E-state index contributed by atoms with van der Waals surface area (Å²) in [6.07, 6.45) is 1.00. The molecule has 0 amide bonds. The summed E-state index contributed by atoms with van der Waals surface area (Å²) >= 11 is 4.28. The van der Waals surface area contributed by atoms with Crippen molar-refractivity contribution in [3.05, 3.63) is 30.0 Å². The van der Waals surface area contributed by atoms with E-state index in [4.69, 9.17) is 14.4 Å². The predicted molar refractivity (Wildman–Crippen MR) is 74.1 cm³/mol. The smallest absolute Gasteiger partial charge is 0.246 e. The minimum atomic E-state index is 0.241. The maximum absolute atomic E-state index is 9.06. The average Bonchev–Trinajstić information content (AvgIpc) is 2.78. The third-order valence-corrected chi connectivity index (χ3v) is 3.47. The van der Waals surface area contributed by atoms with E-state index in [2.05, 4.69) is 19.6 Å². The van der Waals surface area contributed by atoms with Crippen LogP contribution in [0.25, 0.3) is 11.0 Å². The van der Waals surface area contributed by atoms with E-state index in [-0.39, 0.29) is 5.76 Å². The molecule has 0 aliphatic rings. The number of benzene rings is 1. The molecule has 18 heavy (non-hydrogen) atoms. The van der Waals surface area contributed by atoms with Crippen LogP contribution >= 0.6 is 12.6 Å². The van der Waals surface area contributed by atoms with E-state index >= 15 is 0 Å². The van der Waals surface area contributed by atoms with Crippen LogP contribution in [0.15, 0.2) is 28.7 Å². The van der Waals surface area contributed by atoms with Gasteiger partial charge in [-0.15, -0.1) is 0 Å². The van der Waals surface area contributed by atoms with Crippen LogP contribution in [0.1, 0.15) is 19.1 Å². The van der Waals surface area contributed by atoms with Crippen molar-refractivity contribution in [1.82, 2.24) is 0 Å². The minimum Gasteiger partial charge on any atom is -0.488 e. The molecule has 0 aliphatic heterocycles. The zero-order valence-corrected chi connectivity index (χ0v) is 11.1. The van der Waals surface area contributed by atoms with Crippen molar-refractivity contribution >= 4 is 23.6 Å². The zero-order valence-electron chi connectivity index (χ0n) is 10.2. The quantitative estimate of drug-likeness (QED) is 0.836. The lowest BCUT2D eigenvalue weighted by atomic mass is 10.1. The second kappa shape index (κ2) is 5.83. The molecule has 1 unspecified atom stereocenters. The maximum atomic E-state index is 9.06. The van der Waals surface area contributed by atoms with E-state index < -0.39 is 0 Å². The number of ether oxygens (including phenoxy) is 1. The summed E-state index contributed by atoms with van der Waals surface area (Å²) < 4.78 is 11.2. The highest BCUT2D eigenvalue weighted by molar-refractivity contribution is 7.80. The predicted octanol–water partition coefficient (Wildman–Crippen LogP) is 3.64. The summed E-state index contributed by atoms with van der Waals surface area (Å²) in [5.74, 6) is 1.95. The van der Waals surface area contributed by atoms with Gasteiger partial charge in [-0.3, -0.25) is 0 Å². The highest BCUT2D eigenvalue weighted by atomic mass is 32.1. The largest absolute Gasteiger partial charge is 0.488 e. The molecule has 1 atom stereocenters. The molecule has 0 radical (unpaired) electrons. The Morgan fingerprint density at radius 3 is 2.89 bits per heavy atom. The highest BCUT2D eigenvalue weighted by Gasteiger charge is 2.16. The number of thiol groups is 1. The summed E-state index contributed by atoms with van der Waals surface area (Å²) in [6, 6.07) is 9.54. The molecule has 0 spiro atoms. The van der Waals surface area contributed by atoms with Gasteiger partial charge in [-0.2, -0.15) is 17.9 Å². The van der Waals surface area contributed by atoms with E-state index in [0.717, 1.165) is 17.6 Å². The fourth-order valence-corrected chi connectivity index (χ4v) is 2.10. The molecule has 0 bridgehead atoms. The first kappa shape index (κ1) is 12.8. The van der Waals surface area contributed by atoms with E-state index in [1.54, 1.807) is 0 Å². The van der Waals surface area contributed by atoms with E-state index in [1.165, 1.54) is 0 Å². The molecule has 0 N–H and O–H groups in total. The van der Waals surface area contributed by atoms with Crippen molar-refractivity contribution in [3.63, 3.8) is 0 Å². The van der Waals surface area contributed by atoms with Gasteiger partial charge < -0.3 is 9.15 Å². The Morgan fingerprint density at radius 1 is 1.44 bits per heavy atom. The minimum absolute atomic E-state index is 0.241. The Balaban J connectivity index is 2.29. The molecule has 4 heteroatoms. The molecule has 3 nitrogen and oxygen atoms in total. The van der Waals surface area contributed by atoms with Gasteiger partial charge in [0, 0.05) is 5.92 Å². The molecule has 94 valence electrons. The van der Waals surface area contributed by atoms with Crippen LogP contribution in [-0.2, 0) is 0 Å². The van der Waals surface area contributed by atoms with E-state index in [9.17, 15) is 0 Å². The van der Waals surface area contributed by atoms with Crippen molar-refractivity contribution in [2.45, 2.75) is 13.3 Å². The first-order valence-electron chi connectivity index (χ1n) is 5.95. The fraction of sp³-hybridized carbons (Fsp3) is 0.357. The molecule has 0 aliphatic carbocycles. The second-order valence-corrected chi connectivity index (χ2v) is 4.50. The fourth-order valence-electron chi connectivity index (χ4n) is 1.74. The normalized spacial score (nSPS) is 12.3. The number of hydrogen-bond acceptors (Lipinski definition) is 4. The Labute approximate surface area is 112 Å². The van der Waals surface area contributed by atoms with Gasteiger partial charge in [-0.25, -0.2) is 0 Å². The first-order chi connectivity index (χ1) is 8.80. The molecule has 0 saturated carbocycles. The van der Waals surface area contributed by atoms with Crippen molar-refractivity contribution in [2.24, 2.45) is 5.92 Å². The zero-order chi connectivity index (χ0) is 13.0. The third kappa shape index (κ3) is 2.46. The van der Waals surface area contributed by atoms with Gasteiger partial charge in [0.2, 0.25) is 5.76 Å². The summed E-state index contributed by atoms with van der Waals surface area (Å²) in [4.78, 5) is 0. The molecule has 0 fully saturated rings. The number of furan rings is 1. The van der Waals surface area contributed by atoms with Crippen LogP contribution in [0, 0.1) is 17.2 Å². The molecule has 2 aromatic rings. The Bertz CT molecular complexity index is 567. The van der Waals surface area contributed by atoms with Gasteiger partial charge in [0.05, 0.1) is 12.0 Å². The first-order valence-corrected chi connectivity index (χ1v) is 6.58. The molecule has 1 aromatic heterocycles. The number of fused-ring (bicyclic) bond motifs is 1. The lowest BCUT2D eigenvalue weighted by Crippen LogP contribution is -2.12. The molecular weight excluding hydrogens is 246 g/mol. The SMILES string of the molecule is CCC(CS)COc1c(C#N)oc2ccccc12. The second-order valence-electron chi connectivity index (χ2n) is 4.14. The standard InChI is InChI=1S/C14H15NO2S/c1-2-10(9-18)8-16-14-11-5-3-4-6-12(11)17-13(14)7-15/h3-6,10,18H,2,8-9H2,1H3. The molecule has 1 aromatic carbocycles. The summed E-state index contributed by atoms with van der Waals surface area (Å²) in [5.41, 5.74) is 0.683. The van der Waals surface area contributed by atoms with Crippen LogP contribution in [0.3, 0.4) is 0 Å². The van der Waals surface area contributed by atoms with Gasteiger partial charge in [0.25, 0.3) is 0 Å². The van der Waals surface area contributed by atoms with Crippen LogP contribution < -0.4 is 4.74 Å². The lowest BCUT2D eigenvalue weighted by Gasteiger charge is -2.12. The average molecular weight is 261 g/mol. The molecule has 1 heterocycles. The van der Waals surface area contributed by atoms with Crippen molar-refractivity contribution in [1.29, 1.82) is 5.26 Å². The molecule has 0 saturated heterocycles. The number of hydrogen-bond donors (Lipinski definition) is 1. The third-order valence-electron chi connectivity index (χ3n) is 2.95. The number of rotatable bonds is 5. The van der Waals surface area contributed by atoms with Gasteiger partial charge in [0.15, 0.2) is 5.75 Å². The van der Waals surface area contributed by atoms with Gasteiger partial charge >= 0.3 is 0 Å². The summed E-state index contributed by atoms with van der Waals surface area (Å²) in [5, 5.41) is 9.91. The Morgan fingerprint density at radius 2 is 2.22 bits per heavy atom. The molecular formula is C14H15NO2S. The molecule has 2 rings (SSSR count). The lowest BCUT2D eigenvalue weighted by molar-refractivity contribution is 0.258. The van der Waals surface area contributed by atoms with Gasteiger partial charge in [0.1, 0.15) is 11.7 Å². The highest BCUT2D eigenvalue weighted by Crippen LogP contribution is 2.32. The summed E-state index contributed by atoms with van der Waals surface area (Å²) in [7, 11) is 0. The van der Waals surface area contributed by atoms with Crippen LogP contribution in [-0.4, -0.2) is 12.4 Å². The van der Waals surface area contributed by atoms with Crippen LogP contribution in [0.2, 0.25) is 0 Å². The Kier molecular flexibility index (Phi) is 4.16. The van der Waals surface area contributed by atoms with Crippen molar-refractivity contribution in [3.8, 4) is 11.8 Å². The van der Waals surface area contributed by atoms with Crippen molar-refractivity contribution in [2.75, 3.05) is 12.4 Å². The van der Waals surface area contributed by atoms with Crippen LogP contribution in [0.4, 0.5) is 0 Å². The number of para-hydroxylation sites is 1. The maximum Gasteiger partial charge on any atom is 0.246 e. The Hall–Kier alpha value is -1.60. The number of nitrogens with zero attached hydrogens (tertiary/aromatic N) is 1. The number of nitriles is 1. The van der Waals surface area contributed by atoms with Crippen LogP contribution in [0.5, 0.6) is 5.75 Å². The summed E-state index contributed by atoms with van der Waals surface area (Å²) in [6.45, 7) is 2.65. The van der Waals surface area contributed by atoms with E-state index in [1.807, 2.05) is 30.3 Å². The van der Waals surface area contributed by atoms with Crippen molar-refractivity contribution < 1.29 is 9.15 Å². The van der Waals surface area contributed by atoms with Gasteiger partial charge in [-0.1, -0.05) is 19.1 Å². The topological polar surface area (TPSA) is 46.2 Å².